The van der Waals surface area contributed by atoms with Crippen LogP contribution < -0.4 is 10.1 Å². The van der Waals surface area contributed by atoms with E-state index in [-0.39, 0.29) is 18.4 Å². The van der Waals surface area contributed by atoms with E-state index in [0.29, 0.717) is 18.7 Å². The molecule has 1 aromatic carbocycles. The molecule has 0 radical (unpaired) electrons. The molecule has 1 aliphatic rings. The molecule has 1 N–H and O–H groups in total. The Balaban J connectivity index is 1.84. The molecule has 2 rings (SSSR count). The first-order valence-corrected chi connectivity index (χ1v) is 6.40. The van der Waals surface area contributed by atoms with Gasteiger partial charge in [-0.3, -0.25) is 14.5 Å². The largest absolute Gasteiger partial charge is 0.484 e. The molecule has 1 fully saturated rings. The Morgan fingerprint density at radius 2 is 2.11 bits per heavy atom. The molecule has 0 aromatic heterocycles. The van der Waals surface area contributed by atoms with Crippen molar-refractivity contribution in [1.82, 2.24) is 10.2 Å². The average molecular weight is 262 g/mol. The summed E-state index contributed by atoms with van der Waals surface area (Å²) >= 11 is 0. The molecule has 0 aliphatic carbocycles. The van der Waals surface area contributed by atoms with Gasteiger partial charge in [0.1, 0.15) is 5.75 Å². The number of ether oxygens (including phenoxy) is 1. The zero-order valence-corrected chi connectivity index (χ0v) is 11.0. The minimum absolute atomic E-state index is 0.0862. The Hall–Kier alpha value is -1.88. The number of amides is 2. The number of nitrogens with one attached hydrogen (secondary N) is 1. The van der Waals surface area contributed by atoms with Gasteiger partial charge in [-0.05, 0) is 31.2 Å². The van der Waals surface area contributed by atoms with Crippen molar-refractivity contribution in [2.75, 3.05) is 20.2 Å². The van der Waals surface area contributed by atoms with Crippen LogP contribution in [0.1, 0.15) is 18.4 Å². The van der Waals surface area contributed by atoms with Crippen molar-refractivity contribution in [3.8, 4) is 5.75 Å². The molecule has 102 valence electrons. The van der Waals surface area contributed by atoms with Crippen LogP contribution in [0.25, 0.3) is 0 Å². The van der Waals surface area contributed by atoms with E-state index in [1.807, 2.05) is 31.3 Å². The van der Waals surface area contributed by atoms with E-state index < -0.39 is 0 Å². The highest BCUT2D eigenvalue weighted by Crippen LogP contribution is 2.14. The number of benzene rings is 1. The molecule has 1 aromatic rings. The molecular formula is C14H18N2O3. The van der Waals surface area contributed by atoms with Crippen molar-refractivity contribution < 1.29 is 14.3 Å². The third kappa shape index (κ3) is 3.54. The number of carbonyl (C=O) groups excluding carboxylic acids is 2. The fourth-order valence-corrected chi connectivity index (χ4v) is 2.04. The fraction of sp³-hybridized carbons (Fsp3) is 0.429. The molecule has 2 amide bonds. The number of rotatable bonds is 5. The Labute approximate surface area is 112 Å². The van der Waals surface area contributed by atoms with Gasteiger partial charge in [0, 0.05) is 19.5 Å². The van der Waals surface area contributed by atoms with Crippen molar-refractivity contribution >= 4 is 11.8 Å². The zero-order valence-electron chi connectivity index (χ0n) is 11.0. The van der Waals surface area contributed by atoms with Gasteiger partial charge in [0.05, 0.1) is 0 Å². The highest BCUT2D eigenvalue weighted by atomic mass is 16.5. The summed E-state index contributed by atoms with van der Waals surface area (Å²) < 4.78 is 5.40. The lowest BCUT2D eigenvalue weighted by atomic mass is 10.2. The van der Waals surface area contributed by atoms with Crippen LogP contribution in [0, 0.1) is 0 Å². The summed E-state index contributed by atoms with van der Waals surface area (Å²) in [7, 11) is 1.89. The van der Waals surface area contributed by atoms with E-state index in [0.717, 1.165) is 18.5 Å². The molecule has 1 heterocycles. The van der Waals surface area contributed by atoms with Crippen LogP contribution >= 0.6 is 0 Å². The van der Waals surface area contributed by atoms with Crippen LogP contribution in [0.4, 0.5) is 0 Å². The predicted octanol–water partition coefficient (Wildman–Crippen LogP) is 0.934. The second-order valence-electron chi connectivity index (χ2n) is 4.51. The second-order valence-corrected chi connectivity index (χ2v) is 4.51. The topological polar surface area (TPSA) is 58.6 Å². The van der Waals surface area contributed by atoms with Crippen LogP contribution in [0.3, 0.4) is 0 Å². The molecular weight excluding hydrogens is 244 g/mol. The Morgan fingerprint density at radius 3 is 2.68 bits per heavy atom. The van der Waals surface area contributed by atoms with Crippen LogP contribution in [0.2, 0.25) is 0 Å². The molecule has 0 saturated carbocycles. The van der Waals surface area contributed by atoms with Crippen LogP contribution in [0.15, 0.2) is 24.3 Å². The first kappa shape index (κ1) is 13.5. The first-order chi connectivity index (χ1) is 9.20. The summed E-state index contributed by atoms with van der Waals surface area (Å²) in [6.45, 7) is 1.22. The SMILES string of the molecule is CNCc1ccc(OCC(=O)N2CCCC2=O)cc1. The van der Waals surface area contributed by atoms with Gasteiger partial charge in [0.25, 0.3) is 5.91 Å². The van der Waals surface area contributed by atoms with Crippen molar-refractivity contribution in [1.29, 1.82) is 0 Å². The molecule has 5 heteroatoms. The molecule has 1 aliphatic heterocycles. The van der Waals surface area contributed by atoms with Gasteiger partial charge in [0.2, 0.25) is 5.91 Å². The summed E-state index contributed by atoms with van der Waals surface area (Å²) in [5, 5.41) is 3.06. The van der Waals surface area contributed by atoms with Gasteiger partial charge in [-0.25, -0.2) is 0 Å². The third-order valence-electron chi connectivity index (χ3n) is 3.04. The number of hydrogen-bond donors (Lipinski definition) is 1. The summed E-state index contributed by atoms with van der Waals surface area (Å²) in [5.74, 6) is 0.277. The number of carbonyl (C=O) groups is 2. The smallest absolute Gasteiger partial charge is 0.267 e. The van der Waals surface area contributed by atoms with E-state index in [1.165, 1.54) is 4.90 Å². The van der Waals surface area contributed by atoms with E-state index in [2.05, 4.69) is 5.32 Å². The maximum atomic E-state index is 11.8. The quantitative estimate of drug-likeness (QED) is 0.857. The lowest BCUT2D eigenvalue weighted by molar-refractivity contribution is -0.143. The zero-order chi connectivity index (χ0) is 13.7. The molecule has 5 nitrogen and oxygen atoms in total. The van der Waals surface area contributed by atoms with Crippen LogP contribution in [-0.4, -0.2) is 36.9 Å². The lowest BCUT2D eigenvalue weighted by Crippen LogP contribution is -2.35. The van der Waals surface area contributed by atoms with Crippen LogP contribution in [-0.2, 0) is 16.1 Å². The van der Waals surface area contributed by atoms with E-state index in [1.54, 1.807) is 0 Å². The monoisotopic (exact) mass is 262 g/mol. The minimum Gasteiger partial charge on any atom is -0.484 e. The Kier molecular flexibility index (Phi) is 4.52. The lowest BCUT2D eigenvalue weighted by Gasteiger charge is -2.14. The van der Waals surface area contributed by atoms with Crippen LogP contribution in [0.5, 0.6) is 5.75 Å². The Morgan fingerprint density at radius 1 is 1.37 bits per heavy atom. The van der Waals surface area contributed by atoms with Crippen molar-refractivity contribution in [3.63, 3.8) is 0 Å². The van der Waals surface area contributed by atoms with Gasteiger partial charge >= 0.3 is 0 Å². The third-order valence-corrected chi connectivity index (χ3v) is 3.04. The summed E-state index contributed by atoms with van der Waals surface area (Å²) in [4.78, 5) is 24.4. The number of nitrogens with zero attached hydrogens (tertiary/aromatic N) is 1. The van der Waals surface area contributed by atoms with Gasteiger partial charge in [-0.2, -0.15) is 0 Å². The van der Waals surface area contributed by atoms with E-state index >= 15 is 0 Å². The molecule has 0 spiro atoms. The summed E-state index contributed by atoms with van der Waals surface area (Å²) in [6, 6.07) is 7.53. The average Bonchev–Trinajstić information content (AvgIpc) is 2.84. The predicted molar refractivity (Wildman–Crippen MR) is 70.7 cm³/mol. The van der Waals surface area contributed by atoms with Crippen molar-refractivity contribution in [3.05, 3.63) is 29.8 Å². The number of likely N-dealkylation sites (tertiary alicyclic amines) is 1. The first-order valence-electron chi connectivity index (χ1n) is 6.40. The van der Waals surface area contributed by atoms with Gasteiger partial charge in [-0.1, -0.05) is 12.1 Å². The highest BCUT2D eigenvalue weighted by molar-refractivity contribution is 5.97. The Bertz CT molecular complexity index is 456. The van der Waals surface area contributed by atoms with Gasteiger partial charge < -0.3 is 10.1 Å². The van der Waals surface area contributed by atoms with Crippen molar-refractivity contribution in [2.24, 2.45) is 0 Å². The molecule has 1 saturated heterocycles. The normalized spacial score (nSPS) is 14.8. The fourth-order valence-electron chi connectivity index (χ4n) is 2.04. The summed E-state index contributed by atoms with van der Waals surface area (Å²) in [6.07, 6.45) is 1.22. The standard InChI is InChI=1S/C14H18N2O3/c1-15-9-11-4-6-12(7-5-11)19-10-14(18)16-8-2-3-13(16)17/h4-7,15H,2-3,8-10H2,1H3. The maximum Gasteiger partial charge on any atom is 0.267 e. The highest BCUT2D eigenvalue weighted by Gasteiger charge is 2.26. The molecule has 0 bridgehead atoms. The minimum atomic E-state index is -0.262. The second kappa shape index (κ2) is 6.33. The molecule has 0 unspecified atom stereocenters. The van der Waals surface area contributed by atoms with E-state index in [9.17, 15) is 9.59 Å². The summed E-state index contributed by atoms with van der Waals surface area (Å²) in [5.41, 5.74) is 1.15. The van der Waals surface area contributed by atoms with Crippen molar-refractivity contribution in [2.45, 2.75) is 19.4 Å². The van der Waals surface area contributed by atoms with E-state index in [4.69, 9.17) is 4.74 Å². The van der Waals surface area contributed by atoms with Gasteiger partial charge in [-0.15, -0.1) is 0 Å². The molecule has 0 atom stereocenters. The number of imide groups is 1. The van der Waals surface area contributed by atoms with Gasteiger partial charge in [0.15, 0.2) is 6.61 Å². The number of hydrogen-bond acceptors (Lipinski definition) is 4. The molecule has 19 heavy (non-hydrogen) atoms. The maximum absolute atomic E-state index is 11.8.